The average Bonchev–Trinajstić information content (AvgIpc) is 3.14. The van der Waals surface area contributed by atoms with Crippen molar-refractivity contribution in [1.82, 2.24) is 25.8 Å². The number of benzene rings is 2. The zero-order chi connectivity index (χ0) is 41.4. The van der Waals surface area contributed by atoms with Crippen LogP contribution in [0.4, 0.5) is 0 Å². The molecule has 14 nitrogen and oxygen atoms in total. The number of aliphatic hydroxyl groups excluding tert-OH is 1. The number of aromatic hydroxyl groups is 2. The van der Waals surface area contributed by atoms with Crippen molar-refractivity contribution >= 4 is 29.6 Å². The molecule has 2 aromatic carbocycles. The maximum atomic E-state index is 14.4. The van der Waals surface area contributed by atoms with Crippen LogP contribution in [0.15, 0.2) is 48.5 Å². The van der Waals surface area contributed by atoms with Gasteiger partial charge in [-0.1, -0.05) is 91.0 Å². The van der Waals surface area contributed by atoms with Crippen molar-refractivity contribution < 1.29 is 44.4 Å². The highest BCUT2D eigenvalue weighted by atomic mass is 16.4. The van der Waals surface area contributed by atoms with Gasteiger partial charge >= 0.3 is 5.97 Å². The number of aliphatic hydroxyl groups is 1. The first kappa shape index (κ1) is 46.5. The van der Waals surface area contributed by atoms with Crippen LogP contribution >= 0.6 is 0 Å². The van der Waals surface area contributed by atoms with Gasteiger partial charge < -0.3 is 46.2 Å². The molecule has 55 heavy (non-hydrogen) atoms. The van der Waals surface area contributed by atoms with Crippen LogP contribution in [0.1, 0.15) is 84.3 Å². The highest BCUT2D eigenvalue weighted by Crippen LogP contribution is 2.21. The molecule has 0 aliphatic rings. The number of carboxylic acids is 1. The minimum absolute atomic E-state index is 0.00235. The van der Waals surface area contributed by atoms with Gasteiger partial charge in [-0.05, 0) is 60.7 Å². The third-order valence-corrected chi connectivity index (χ3v) is 9.99. The Morgan fingerprint density at radius 3 is 1.69 bits per heavy atom. The van der Waals surface area contributed by atoms with Gasteiger partial charge in [-0.15, -0.1) is 0 Å². The van der Waals surface area contributed by atoms with E-state index in [9.17, 15) is 44.4 Å². The Bertz CT molecular complexity index is 1530. The lowest BCUT2D eigenvalue weighted by Crippen LogP contribution is -2.61. The monoisotopic (exact) mass is 769 g/mol. The van der Waals surface area contributed by atoms with Crippen molar-refractivity contribution in [2.45, 2.75) is 122 Å². The fourth-order valence-corrected chi connectivity index (χ4v) is 6.58. The zero-order valence-corrected chi connectivity index (χ0v) is 33.6. The molecule has 2 aromatic rings. The summed E-state index contributed by atoms with van der Waals surface area (Å²) in [5.74, 6) is -4.79. The summed E-state index contributed by atoms with van der Waals surface area (Å²) >= 11 is 0. The van der Waals surface area contributed by atoms with E-state index in [0.717, 1.165) is 32.1 Å². The fraction of sp³-hybridized carbons (Fsp3) is 0.585. The fourth-order valence-electron chi connectivity index (χ4n) is 6.58. The van der Waals surface area contributed by atoms with Crippen LogP contribution in [0.5, 0.6) is 11.5 Å². The van der Waals surface area contributed by atoms with Gasteiger partial charge in [0, 0.05) is 33.0 Å². The number of nitrogens with one attached hydrogen (secondary N) is 3. The largest absolute Gasteiger partial charge is 0.508 e. The van der Waals surface area contributed by atoms with E-state index >= 15 is 0 Å². The van der Waals surface area contributed by atoms with Crippen LogP contribution in [0.25, 0.3) is 0 Å². The topological polar surface area (TPSA) is 209 Å². The van der Waals surface area contributed by atoms with Gasteiger partial charge in [0.25, 0.3) is 5.91 Å². The third kappa shape index (κ3) is 14.2. The second kappa shape index (κ2) is 22.6. The molecule has 6 atom stereocenters. The highest BCUT2D eigenvalue weighted by Gasteiger charge is 2.40. The maximum Gasteiger partial charge on any atom is 0.326 e. The maximum absolute atomic E-state index is 14.4. The van der Waals surface area contributed by atoms with Crippen LogP contribution in [0.2, 0.25) is 0 Å². The lowest BCUT2D eigenvalue weighted by atomic mass is 9.95. The Morgan fingerprint density at radius 2 is 1.22 bits per heavy atom. The molecule has 2 rings (SSSR count). The number of rotatable bonds is 23. The smallest absolute Gasteiger partial charge is 0.326 e. The summed E-state index contributed by atoms with van der Waals surface area (Å²) in [6.07, 6.45) is 4.13. The van der Waals surface area contributed by atoms with Gasteiger partial charge in [-0.3, -0.25) is 19.2 Å². The van der Waals surface area contributed by atoms with Gasteiger partial charge in [0.2, 0.25) is 17.7 Å². The summed E-state index contributed by atoms with van der Waals surface area (Å²) in [6.45, 7) is 9.12. The summed E-state index contributed by atoms with van der Waals surface area (Å²) in [7, 11) is 4.54. The van der Waals surface area contributed by atoms with Gasteiger partial charge in [0.15, 0.2) is 0 Å². The Kier molecular flexibility index (Phi) is 19.1. The Hall–Kier alpha value is -4.69. The number of unbranched alkanes of at least 4 members (excludes halogenated alkanes) is 4. The number of phenolic OH excluding ortho intramolecular Hbond substituents is 2. The molecule has 0 spiro atoms. The molecule has 0 saturated heterocycles. The number of nitrogens with zero attached hydrogens (tertiary/aromatic N) is 2. The first-order valence-electron chi connectivity index (χ1n) is 19.2. The number of carbonyl (C=O) groups is 5. The summed E-state index contributed by atoms with van der Waals surface area (Å²) in [4.78, 5) is 70.6. The van der Waals surface area contributed by atoms with Gasteiger partial charge in [-0.2, -0.15) is 0 Å². The summed E-state index contributed by atoms with van der Waals surface area (Å²) in [5, 5.41) is 48.8. The number of hydrogen-bond acceptors (Lipinski definition) is 9. The quantitative estimate of drug-likeness (QED) is 0.0822. The molecular weight excluding hydrogens is 706 g/mol. The standard InChI is InChI=1S/C41H63N5O9/c1-9-10-11-12-13-14-31(42-6)36(49)38(51)44-34(25(2)3)39(52)46(8)35(26(4)5)40(53)45(7)33(24-28-17-21-30(48)22-18-28)37(50)43-32(41(54)55)23-27-15-19-29(47)20-16-27/h15-22,25-26,31-36,42,47-49H,9-14,23-24H2,1-8H3,(H,43,50)(H,44,51)(H,54,55). The number of hydrogen-bond donors (Lipinski definition) is 7. The molecule has 0 aliphatic heterocycles. The van der Waals surface area contributed by atoms with E-state index in [2.05, 4.69) is 22.9 Å². The van der Waals surface area contributed by atoms with Crippen molar-refractivity contribution in [3.05, 3.63) is 59.7 Å². The van der Waals surface area contributed by atoms with Crippen molar-refractivity contribution in [3.63, 3.8) is 0 Å². The number of likely N-dealkylation sites (N-methyl/N-ethyl adjacent to an activating group) is 3. The van der Waals surface area contributed by atoms with Crippen molar-refractivity contribution in [3.8, 4) is 11.5 Å². The lowest BCUT2D eigenvalue weighted by Gasteiger charge is -2.38. The van der Waals surface area contributed by atoms with Crippen LogP contribution in [0.3, 0.4) is 0 Å². The Labute approximate surface area is 325 Å². The molecule has 0 fully saturated rings. The molecule has 0 aliphatic carbocycles. The average molecular weight is 770 g/mol. The molecule has 0 aromatic heterocycles. The predicted molar refractivity (Wildman–Crippen MR) is 210 cm³/mol. The van der Waals surface area contributed by atoms with Crippen molar-refractivity contribution in [2.24, 2.45) is 11.8 Å². The van der Waals surface area contributed by atoms with Crippen molar-refractivity contribution in [2.75, 3.05) is 21.1 Å². The number of carbonyl (C=O) groups excluding carboxylic acids is 4. The summed E-state index contributed by atoms with van der Waals surface area (Å²) in [6, 6.07) is 6.65. The molecule has 4 amide bonds. The summed E-state index contributed by atoms with van der Waals surface area (Å²) < 4.78 is 0. The Morgan fingerprint density at radius 1 is 0.691 bits per heavy atom. The SMILES string of the molecule is CCCCCCCC(NC)C(O)C(=O)NC(C(=O)N(C)C(C(=O)N(C)C(Cc1ccc(O)cc1)C(=O)NC(Cc1ccc(O)cc1)C(=O)O)C(C)C)C(C)C. The van der Waals surface area contributed by atoms with E-state index in [-0.39, 0.29) is 24.3 Å². The number of aliphatic carboxylic acids is 1. The third-order valence-electron chi connectivity index (χ3n) is 9.99. The second-order valence-corrected chi connectivity index (χ2v) is 15.0. The Balaban J connectivity index is 2.35. The number of phenols is 2. The normalized spacial score (nSPS) is 14.7. The lowest BCUT2D eigenvalue weighted by molar-refractivity contribution is -0.151. The van der Waals surface area contributed by atoms with Crippen molar-refractivity contribution in [1.29, 1.82) is 0 Å². The molecule has 6 unspecified atom stereocenters. The minimum atomic E-state index is -1.41. The molecule has 7 N–H and O–H groups in total. The van der Waals surface area contributed by atoms with Gasteiger partial charge in [0.05, 0.1) is 0 Å². The number of amides is 4. The van der Waals surface area contributed by atoms with E-state index in [1.54, 1.807) is 59.0 Å². The predicted octanol–water partition coefficient (Wildman–Crippen LogP) is 3.21. The second-order valence-electron chi connectivity index (χ2n) is 15.0. The highest BCUT2D eigenvalue weighted by molar-refractivity contribution is 5.95. The van der Waals surface area contributed by atoms with E-state index in [0.29, 0.717) is 17.5 Å². The van der Waals surface area contributed by atoms with E-state index < -0.39 is 77.7 Å². The molecule has 0 bridgehead atoms. The molecule has 0 saturated carbocycles. The zero-order valence-electron chi connectivity index (χ0n) is 33.6. The molecule has 0 heterocycles. The van der Waals surface area contributed by atoms with E-state index in [1.165, 1.54) is 48.2 Å². The summed E-state index contributed by atoms with van der Waals surface area (Å²) in [5.41, 5.74) is 1.13. The van der Waals surface area contributed by atoms with E-state index in [4.69, 9.17) is 0 Å². The molecule has 0 radical (unpaired) electrons. The molecule has 306 valence electrons. The molecular formula is C41H63N5O9. The van der Waals surface area contributed by atoms with Crippen LogP contribution in [-0.2, 0) is 36.8 Å². The van der Waals surface area contributed by atoms with E-state index in [1.807, 2.05) is 0 Å². The minimum Gasteiger partial charge on any atom is -0.508 e. The first-order chi connectivity index (χ1) is 25.9. The van der Waals surface area contributed by atoms with Crippen LogP contribution in [-0.4, -0.2) is 117 Å². The van der Waals surface area contributed by atoms with Gasteiger partial charge in [0.1, 0.15) is 41.8 Å². The van der Waals surface area contributed by atoms with Crippen LogP contribution in [0, 0.1) is 11.8 Å². The van der Waals surface area contributed by atoms with Gasteiger partial charge in [-0.25, -0.2) is 4.79 Å². The number of carboxylic acid groups (broad SMARTS) is 1. The van der Waals surface area contributed by atoms with Crippen LogP contribution < -0.4 is 16.0 Å². The molecule has 14 heteroatoms. The first-order valence-corrected chi connectivity index (χ1v) is 19.2.